The van der Waals surface area contributed by atoms with Crippen LogP contribution in [0.2, 0.25) is 10.0 Å². The Hall–Kier alpha value is -2.58. The molecule has 1 amide bonds. The monoisotopic (exact) mass is 544 g/mol. The minimum absolute atomic E-state index is 0.131. The van der Waals surface area contributed by atoms with Crippen LogP contribution in [-0.2, 0) is 11.4 Å². The SMILES string of the molecule is CCC1(CC(O)CN2CCCC2)CC(C(N)=O)=CC=C1c1cnc(N)c(OCc2c(Cl)cccc2Cl)c1. The quantitative estimate of drug-likeness (QED) is 0.388. The van der Waals surface area contributed by atoms with Crippen molar-refractivity contribution in [1.29, 1.82) is 0 Å². The highest BCUT2D eigenvalue weighted by Gasteiger charge is 2.39. The number of carbonyl (C=O) groups is 1. The van der Waals surface area contributed by atoms with E-state index in [0.717, 1.165) is 37.1 Å². The number of nitrogens with zero attached hydrogens (tertiary/aromatic N) is 2. The Labute approximate surface area is 228 Å². The van der Waals surface area contributed by atoms with Crippen LogP contribution >= 0.6 is 23.2 Å². The number of aromatic nitrogens is 1. The lowest BCUT2D eigenvalue weighted by molar-refractivity contribution is -0.115. The minimum Gasteiger partial charge on any atom is -0.485 e. The second-order valence-corrected chi connectivity index (χ2v) is 10.7. The molecule has 0 radical (unpaired) electrons. The molecule has 37 heavy (non-hydrogen) atoms. The summed E-state index contributed by atoms with van der Waals surface area (Å²) in [4.78, 5) is 18.8. The molecule has 2 heterocycles. The average Bonchev–Trinajstić information content (AvgIpc) is 3.37. The van der Waals surface area contributed by atoms with Gasteiger partial charge in [0.1, 0.15) is 6.61 Å². The normalized spacial score (nSPS) is 20.9. The first-order valence-corrected chi connectivity index (χ1v) is 13.4. The summed E-state index contributed by atoms with van der Waals surface area (Å²) in [7, 11) is 0. The fourth-order valence-corrected chi connectivity index (χ4v) is 5.92. The van der Waals surface area contributed by atoms with Crippen molar-refractivity contribution in [3.63, 3.8) is 0 Å². The summed E-state index contributed by atoms with van der Waals surface area (Å²) in [6, 6.07) is 7.13. The number of carbonyl (C=O) groups excluding carboxylic acids is 1. The molecular formula is C28H34Cl2N4O3. The van der Waals surface area contributed by atoms with Crippen molar-refractivity contribution in [1.82, 2.24) is 9.88 Å². The van der Waals surface area contributed by atoms with E-state index in [1.54, 1.807) is 30.5 Å². The molecule has 9 heteroatoms. The maximum absolute atomic E-state index is 12.1. The van der Waals surface area contributed by atoms with E-state index < -0.39 is 17.4 Å². The number of hydrogen-bond donors (Lipinski definition) is 3. The number of anilines is 1. The fourth-order valence-electron chi connectivity index (χ4n) is 5.41. The Morgan fingerprint density at radius 3 is 2.59 bits per heavy atom. The van der Waals surface area contributed by atoms with Gasteiger partial charge in [0.15, 0.2) is 11.6 Å². The summed E-state index contributed by atoms with van der Waals surface area (Å²) in [6.07, 6.45) is 8.79. The van der Waals surface area contributed by atoms with Crippen molar-refractivity contribution in [2.24, 2.45) is 11.1 Å². The van der Waals surface area contributed by atoms with Gasteiger partial charge in [-0.3, -0.25) is 4.79 Å². The number of halogens is 2. The summed E-state index contributed by atoms with van der Waals surface area (Å²) in [5.74, 6) is 0.202. The summed E-state index contributed by atoms with van der Waals surface area (Å²) in [6.45, 7) is 4.82. The molecule has 2 unspecified atom stereocenters. The first kappa shape index (κ1) is 27.5. The van der Waals surface area contributed by atoms with Gasteiger partial charge in [-0.2, -0.15) is 0 Å². The molecule has 1 saturated heterocycles. The molecule has 1 aromatic carbocycles. The molecule has 7 nitrogen and oxygen atoms in total. The maximum Gasteiger partial charge on any atom is 0.244 e. The van der Waals surface area contributed by atoms with Crippen molar-refractivity contribution in [2.45, 2.75) is 51.7 Å². The Balaban J connectivity index is 1.64. The van der Waals surface area contributed by atoms with Gasteiger partial charge in [-0.05, 0) is 69.0 Å². The van der Waals surface area contributed by atoms with Gasteiger partial charge in [-0.15, -0.1) is 0 Å². The second-order valence-electron chi connectivity index (χ2n) is 9.91. The predicted molar refractivity (Wildman–Crippen MR) is 148 cm³/mol. The molecule has 2 atom stereocenters. The average molecular weight is 546 g/mol. The highest BCUT2D eigenvalue weighted by molar-refractivity contribution is 6.35. The van der Waals surface area contributed by atoms with E-state index >= 15 is 0 Å². The van der Waals surface area contributed by atoms with E-state index in [4.69, 9.17) is 39.4 Å². The summed E-state index contributed by atoms with van der Waals surface area (Å²) < 4.78 is 6.02. The number of aliphatic hydroxyl groups excluding tert-OH is 1. The summed E-state index contributed by atoms with van der Waals surface area (Å²) >= 11 is 12.6. The molecule has 1 aliphatic heterocycles. The lowest BCUT2D eigenvalue weighted by atomic mass is 9.65. The van der Waals surface area contributed by atoms with Crippen molar-refractivity contribution >= 4 is 40.5 Å². The molecule has 2 aromatic rings. The van der Waals surface area contributed by atoms with Crippen molar-refractivity contribution in [3.8, 4) is 5.75 Å². The van der Waals surface area contributed by atoms with E-state index in [2.05, 4.69) is 16.8 Å². The Bertz CT molecular complexity index is 1190. The van der Waals surface area contributed by atoms with Crippen LogP contribution in [0.5, 0.6) is 5.75 Å². The van der Waals surface area contributed by atoms with Crippen molar-refractivity contribution in [3.05, 3.63) is 69.4 Å². The highest BCUT2D eigenvalue weighted by Crippen LogP contribution is 2.50. The van der Waals surface area contributed by atoms with Crippen LogP contribution in [0.1, 0.15) is 50.2 Å². The summed E-state index contributed by atoms with van der Waals surface area (Å²) in [5.41, 5.74) is 14.3. The van der Waals surface area contributed by atoms with Gasteiger partial charge >= 0.3 is 0 Å². The predicted octanol–water partition coefficient (Wildman–Crippen LogP) is 4.99. The number of nitrogen functional groups attached to an aromatic ring is 1. The Kier molecular flexibility index (Phi) is 8.80. The van der Waals surface area contributed by atoms with E-state index in [1.165, 1.54) is 0 Å². The van der Waals surface area contributed by atoms with Crippen LogP contribution < -0.4 is 16.2 Å². The lowest BCUT2D eigenvalue weighted by Gasteiger charge is -2.40. The first-order valence-electron chi connectivity index (χ1n) is 12.7. The summed E-state index contributed by atoms with van der Waals surface area (Å²) in [5, 5.41) is 12.1. The molecule has 198 valence electrons. The number of aliphatic hydroxyl groups is 1. The molecule has 1 aliphatic carbocycles. The number of hydrogen-bond acceptors (Lipinski definition) is 6. The van der Waals surface area contributed by atoms with Gasteiger partial charge in [-0.25, -0.2) is 4.98 Å². The van der Waals surface area contributed by atoms with E-state index in [1.807, 2.05) is 12.1 Å². The number of β-amino-alcohol motifs (C(OH)–C–C–N with tert-alkyl or cyclic N) is 1. The van der Waals surface area contributed by atoms with Crippen LogP contribution in [0.3, 0.4) is 0 Å². The third kappa shape index (κ3) is 6.29. The zero-order valence-corrected chi connectivity index (χ0v) is 22.6. The number of amides is 1. The lowest BCUT2D eigenvalue weighted by Crippen LogP contribution is -2.37. The molecule has 1 aromatic heterocycles. The van der Waals surface area contributed by atoms with Crippen LogP contribution in [0.4, 0.5) is 5.82 Å². The molecule has 1 fully saturated rings. The molecular weight excluding hydrogens is 511 g/mol. The number of pyridine rings is 1. The largest absolute Gasteiger partial charge is 0.485 e. The highest BCUT2D eigenvalue weighted by atomic mass is 35.5. The first-order chi connectivity index (χ1) is 17.7. The zero-order chi connectivity index (χ0) is 26.6. The second kappa shape index (κ2) is 11.9. The number of nitrogens with two attached hydrogens (primary N) is 2. The van der Waals surface area contributed by atoms with Gasteiger partial charge in [0, 0.05) is 44.9 Å². The number of ether oxygens (including phenoxy) is 1. The molecule has 5 N–H and O–H groups in total. The molecule has 0 spiro atoms. The van der Waals surface area contributed by atoms with Gasteiger partial charge < -0.3 is 26.2 Å². The molecule has 2 aliphatic rings. The van der Waals surface area contributed by atoms with Crippen molar-refractivity contribution < 1.29 is 14.6 Å². The number of likely N-dealkylation sites (tertiary alicyclic amines) is 1. The number of primary amides is 1. The number of rotatable bonds is 10. The molecule has 0 saturated carbocycles. The van der Waals surface area contributed by atoms with Crippen LogP contribution in [0, 0.1) is 5.41 Å². The van der Waals surface area contributed by atoms with Crippen molar-refractivity contribution in [2.75, 3.05) is 25.4 Å². The number of benzene rings is 1. The third-order valence-electron chi connectivity index (χ3n) is 7.47. The van der Waals surface area contributed by atoms with E-state index in [9.17, 15) is 9.90 Å². The smallest absolute Gasteiger partial charge is 0.244 e. The number of allylic oxidation sites excluding steroid dienone is 3. The molecule has 4 rings (SSSR count). The maximum atomic E-state index is 12.1. The van der Waals surface area contributed by atoms with E-state index in [0.29, 0.717) is 52.7 Å². The van der Waals surface area contributed by atoms with Crippen LogP contribution in [-0.4, -0.2) is 46.6 Å². The van der Waals surface area contributed by atoms with Gasteiger partial charge in [0.25, 0.3) is 0 Å². The van der Waals surface area contributed by atoms with Crippen LogP contribution in [0.25, 0.3) is 5.57 Å². The zero-order valence-electron chi connectivity index (χ0n) is 21.1. The topological polar surface area (TPSA) is 115 Å². The standard InChI is InChI=1S/C28H34Cl2N4O3/c1-2-28(14-20(35)16-34-10-3-4-11-34)13-18(27(32)36)8-9-22(28)19-12-25(26(31)33-15-19)37-17-21-23(29)6-5-7-24(21)30/h5-9,12,15,20,35H,2-4,10-11,13-14,16-17H2,1H3,(H2,31,33)(H2,32,36). The van der Waals surface area contributed by atoms with E-state index in [-0.39, 0.29) is 12.4 Å². The van der Waals surface area contributed by atoms with Crippen LogP contribution in [0.15, 0.2) is 48.2 Å². The minimum atomic E-state index is -0.548. The van der Waals surface area contributed by atoms with Gasteiger partial charge in [0.2, 0.25) is 5.91 Å². The molecule has 0 bridgehead atoms. The fraction of sp³-hybridized carbons (Fsp3) is 0.429. The van der Waals surface area contributed by atoms with Gasteiger partial charge in [0.05, 0.1) is 6.10 Å². The third-order valence-corrected chi connectivity index (χ3v) is 8.17. The van der Waals surface area contributed by atoms with Gasteiger partial charge in [-0.1, -0.05) is 48.3 Å². The Morgan fingerprint density at radius 1 is 1.24 bits per heavy atom. The Morgan fingerprint density at radius 2 is 1.95 bits per heavy atom.